The quantitative estimate of drug-likeness (QED) is 0.0884. The lowest BCUT2D eigenvalue weighted by Gasteiger charge is -2.25. The number of nitrogens with one attached hydrogen (secondary N) is 2. The highest BCUT2D eigenvalue weighted by Gasteiger charge is 2.32. The van der Waals surface area contributed by atoms with Crippen molar-refractivity contribution in [3.8, 4) is 34.4 Å². The van der Waals surface area contributed by atoms with Crippen LogP contribution in [0.3, 0.4) is 0 Å². The zero-order valence-corrected chi connectivity index (χ0v) is 32.4. The Balaban J connectivity index is 1.28. The number of aliphatic hydroxyl groups is 1. The second kappa shape index (κ2) is 18.9. The normalized spacial score (nSPS) is 15.2. The number of likely N-dealkylation sites (tertiary alicyclic amines) is 1. The number of halogens is 1. The van der Waals surface area contributed by atoms with Gasteiger partial charge < -0.3 is 34.6 Å². The van der Waals surface area contributed by atoms with E-state index in [1.165, 1.54) is 13.1 Å². The lowest BCUT2D eigenvalue weighted by molar-refractivity contribution is -0.146. The van der Waals surface area contributed by atoms with E-state index in [9.17, 15) is 25.1 Å². The summed E-state index contributed by atoms with van der Waals surface area (Å²) in [5.41, 5.74) is 5.17. The number of carboxylic acid groups (broad SMARTS) is 1. The largest absolute Gasteiger partial charge is 0.493 e. The number of pyridine rings is 1. The van der Waals surface area contributed by atoms with Gasteiger partial charge in [-0.1, -0.05) is 41.9 Å². The van der Waals surface area contributed by atoms with Gasteiger partial charge >= 0.3 is 5.97 Å². The van der Waals surface area contributed by atoms with E-state index in [0.29, 0.717) is 39.8 Å². The van der Waals surface area contributed by atoms with Crippen LogP contribution in [0.15, 0.2) is 67.0 Å². The number of hydrogen-bond donors (Lipinski definition) is 4. The number of nitriles is 1. The molecule has 0 aliphatic carbocycles. The van der Waals surface area contributed by atoms with Crippen LogP contribution < -0.4 is 24.8 Å². The molecule has 55 heavy (non-hydrogen) atoms. The molecule has 12 nitrogen and oxygen atoms in total. The zero-order valence-electron chi connectivity index (χ0n) is 31.7. The Hall–Kier alpha value is -5.19. The summed E-state index contributed by atoms with van der Waals surface area (Å²) in [6.07, 6.45) is 4.91. The van der Waals surface area contributed by atoms with E-state index in [0.717, 1.165) is 66.0 Å². The minimum Gasteiger partial charge on any atom is -0.493 e. The molecule has 1 saturated heterocycles. The molecule has 1 aliphatic rings. The molecule has 2 atom stereocenters. The Morgan fingerprint density at radius 2 is 1.75 bits per heavy atom. The number of nitrogens with zero attached hydrogens (tertiary/aromatic N) is 3. The van der Waals surface area contributed by atoms with E-state index < -0.39 is 18.1 Å². The van der Waals surface area contributed by atoms with Gasteiger partial charge in [0, 0.05) is 68.7 Å². The summed E-state index contributed by atoms with van der Waals surface area (Å²) in [6.45, 7) is 10.1. The second-order valence-corrected chi connectivity index (χ2v) is 14.4. The highest BCUT2D eigenvalue weighted by Crippen LogP contribution is 2.36. The van der Waals surface area contributed by atoms with Crippen LogP contribution in [0.5, 0.6) is 17.2 Å². The van der Waals surface area contributed by atoms with Gasteiger partial charge in [0.2, 0.25) is 5.91 Å². The summed E-state index contributed by atoms with van der Waals surface area (Å²) in [7, 11) is 0. The number of aromatic nitrogens is 1. The molecule has 1 fully saturated rings. The highest BCUT2D eigenvalue weighted by atomic mass is 35.5. The number of rotatable bonds is 18. The molecule has 290 valence electrons. The van der Waals surface area contributed by atoms with Gasteiger partial charge in [-0.2, -0.15) is 5.26 Å². The van der Waals surface area contributed by atoms with Crippen molar-refractivity contribution in [3.05, 3.63) is 105 Å². The van der Waals surface area contributed by atoms with Gasteiger partial charge in [0.05, 0.1) is 23.8 Å². The predicted molar refractivity (Wildman–Crippen MR) is 209 cm³/mol. The topological polar surface area (TPSA) is 166 Å². The molecule has 0 bridgehead atoms. The SMILES string of the molecule is CC(=O)NC1CCN(CCCOc2cccc(-c3cccc(COc4cc(OCc5cncc(C#N)c5)c(CNC(C)(CO)C(=O)O)cc4Cl)c3C)c2C)C1. The summed E-state index contributed by atoms with van der Waals surface area (Å²) in [4.78, 5) is 29.7. The molecule has 1 aromatic heterocycles. The van der Waals surface area contributed by atoms with Crippen molar-refractivity contribution in [2.75, 3.05) is 32.8 Å². The molecule has 2 unspecified atom stereocenters. The first-order valence-electron chi connectivity index (χ1n) is 18.2. The van der Waals surface area contributed by atoms with Crippen molar-refractivity contribution in [1.82, 2.24) is 20.5 Å². The summed E-state index contributed by atoms with van der Waals surface area (Å²) in [5.74, 6) is 0.392. The van der Waals surface area contributed by atoms with Crippen molar-refractivity contribution in [3.63, 3.8) is 0 Å². The number of carbonyl (C=O) groups is 2. The van der Waals surface area contributed by atoms with Gasteiger partial charge in [-0.15, -0.1) is 0 Å². The van der Waals surface area contributed by atoms with Crippen LogP contribution >= 0.6 is 11.6 Å². The number of aliphatic hydroxyl groups excluding tert-OH is 1. The molecule has 4 N–H and O–H groups in total. The summed E-state index contributed by atoms with van der Waals surface area (Å²) in [6, 6.07) is 19.4. The maximum absolute atomic E-state index is 11.8. The number of amides is 1. The molecule has 0 spiro atoms. The Labute approximate surface area is 327 Å². The summed E-state index contributed by atoms with van der Waals surface area (Å²) >= 11 is 6.74. The molecule has 1 amide bonds. The van der Waals surface area contributed by atoms with Crippen molar-refractivity contribution in [1.29, 1.82) is 5.26 Å². The third-order valence-corrected chi connectivity index (χ3v) is 10.1. The number of carboxylic acids is 1. The molecule has 2 heterocycles. The molecule has 0 radical (unpaired) electrons. The third-order valence-electron chi connectivity index (χ3n) is 9.85. The number of benzene rings is 3. The molecule has 0 saturated carbocycles. The van der Waals surface area contributed by atoms with E-state index in [4.69, 9.17) is 25.8 Å². The molecule has 5 rings (SSSR count). The van der Waals surface area contributed by atoms with Crippen molar-refractivity contribution in [2.24, 2.45) is 0 Å². The van der Waals surface area contributed by atoms with Crippen LogP contribution in [0.4, 0.5) is 0 Å². The smallest absolute Gasteiger partial charge is 0.326 e. The minimum absolute atomic E-state index is 0.0157. The van der Waals surface area contributed by atoms with E-state index in [-0.39, 0.29) is 31.7 Å². The minimum atomic E-state index is -1.59. The van der Waals surface area contributed by atoms with Gasteiger partial charge in [0.25, 0.3) is 0 Å². The first kappa shape index (κ1) is 41.0. The third kappa shape index (κ3) is 10.7. The number of aliphatic carboxylic acids is 1. The average molecular weight is 770 g/mol. The van der Waals surface area contributed by atoms with Crippen LogP contribution in [0.2, 0.25) is 5.02 Å². The van der Waals surface area contributed by atoms with Crippen LogP contribution in [0.1, 0.15) is 60.1 Å². The molecule has 4 aromatic rings. The van der Waals surface area contributed by atoms with Crippen molar-refractivity contribution in [2.45, 2.75) is 71.9 Å². The molecular formula is C42H48ClN5O7. The molecule has 1 aliphatic heterocycles. The fraction of sp³-hybridized carbons (Fsp3) is 0.381. The Kier molecular flexibility index (Phi) is 14.1. The van der Waals surface area contributed by atoms with Gasteiger partial charge in [0.1, 0.15) is 42.1 Å². The standard InChI is InChI=1S/C42H48ClN5O7/c1-27-32(8-5-9-35(27)36-10-6-11-38(28(36)2)53-15-7-13-48-14-12-34(23-48)47-29(3)50)25-55-40-18-39(54-24-31-16-30(19-44)20-45-21-31)33(17-37(40)43)22-46-42(4,26-49)41(51)52/h5-6,8-11,16-18,20-21,34,46,49H,7,12-15,22-26H2,1-4H3,(H,47,50)(H,51,52). The Bertz CT molecular complexity index is 2040. The summed E-state index contributed by atoms with van der Waals surface area (Å²) in [5, 5.41) is 34.9. The molecule has 3 aromatic carbocycles. The Morgan fingerprint density at radius 3 is 2.47 bits per heavy atom. The predicted octanol–water partition coefficient (Wildman–Crippen LogP) is 5.95. The van der Waals surface area contributed by atoms with Crippen LogP contribution in [0.25, 0.3) is 11.1 Å². The number of hydrogen-bond acceptors (Lipinski definition) is 10. The molecular weight excluding hydrogens is 722 g/mol. The lowest BCUT2D eigenvalue weighted by Crippen LogP contribution is -2.52. The average Bonchev–Trinajstić information content (AvgIpc) is 3.62. The van der Waals surface area contributed by atoms with Crippen molar-refractivity contribution >= 4 is 23.5 Å². The number of carbonyl (C=O) groups excluding carboxylic acids is 1. The monoisotopic (exact) mass is 769 g/mol. The number of ether oxygens (including phenoxy) is 3. The second-order valence-electron chi connectivity index (χ2n) is 14.0. The van der Waals surface area contributed by atoms with Gasteiger partial charge in [-0.25, -0.2) is 0 Å². The van der Waals surface area contributed by atoms with E-state index in [1.54, 1.807) is 31.3 Å². The van der Waals surface area contributed by atoms with E-state index in [2.05, 4.69) is 52.6 Å². The first-order valence-corrected chi connectivity index (χ1v) is 18.6. The first-order chi connectivity index (χ1) is 26.4. The fourth-order valence-corrected chi connectivity index (χ4v) is 6.74. The zero-order chi connectivity index (χ0) is 39.5. The van der Waals surface area contributed by atoms with E-state index >= 15 is 0 Å². The van der Waals surface area contributed by atoms with Crippen LogP contribution in [-0.2, 0) is 29.3 Å². The maximum Gasteiger partial charge on any atom is 0.326 e. The fourth-order valence-electron chi connectivity index (χ4n) is 6.50. The lowest BCUT2D eigenvalue weighted by atomic mass is 9.93. The van der Waals surface area contributed by atoms with E-state index in [1.807, 2.05) is 24.3 Å². The van der Waals surface area contributed by atoms with Gasteiger partial charge in [-0.3, -0.25) is 19.9 Å². The van der Waals surface area contributed by atoms with Crippen LogP contribution in [-0.4, -0.2) is 76.4 Å². The van der Waals surface area contributed by atoms with Crippen molar-refractivity contribution < 1.29 is 34.0 Å². The highest BCUT2D eigenvalue weighted by molar-refractivity contribution is 6.32. The maximum atomic E-state index is 11.8. The molecule has 13 heteroatoms. The van der Waals surface area contributed by atoms with Gasteiger partial charge in [-0.05, 0) is 79.6 Å². The Morgan fingerprint density at radius 1 is 1.00 bits per heavy atom. The van der Waals surface area contributed by atoms with Crippen LogP contribution in [0, 0.1) is 25.2 Å². The van der Waals surface area contributed by atoms with Gasteiger partial charge in [0.15, 0.2) is 0 Å². The summed E-state index contributed by atoms with van der Waals surface area (Å²) < 4.78 is 18.7.